The summed E-state index contributed by atoms with van der Waals surface area (Å²) in [5.41, 5.74) is 0.838. The molecule has 0 aliphatic carbocycles. The highest BCUT2D eigenvalue weighted by Crippen LogP contribution is 2.13. The molecule has 0 fully saturated rings. The third-order valence-electron chi connectivity index (χ3n) is 8.55. The third-order valence-corrected chi connectivity index (χ3v) is 8.55. The summed E-state index contributed by atoms with van der Waals surface area (Å²) < 4.78 is 1.91. The molecule has 0 saturated carbocycles. The fourth-order valence-electron chi connectivity index (χ4n) is 5.47. The minimum atomic E-state index is -1.22. The summed E-state index contributed by atoms with van der Waals surface area (Å²) in [6.07, 6.45) is 21.5. The summed E-state index contributed by atoms with van der Waals surface area (Å²) >= 11 is 0. The van der Waals surface area contributed by atoms with Crippen LogP contribution in [0.25, 0.3) is 0 Å². The Morgan fingerprint density at radius 2 is 1.19 bits per heavy atom. The van der Waals surface area contributed by atoms with Gasteiger partial charge in [-0.1, -0.05) is 97.8 Å². The van der Waals surface area contributed by atoms with Gasteiger partial charge >= 0.3 is 11.9 Å². The number of carboxylic acid groups (broad SMARTS) is 2. The predicted octanol–water partition coefficient (Wildman–Crippen LogP) is 6.61. The molecule has 0 radical (unpaired) electrons. The van der Waals surface area contributed by atoms with E-state index >= 15 is 0 Å². The van der Waals surface area contributed by atoms with Gasteiger partial charge in [-0.2, -0.15) is 0 Å². The maximum Gasteiger partial charge on any atom is 0.326 e. The number of carbonyl (C=O) groups excluding carboxylic acids is 3. The lowest BCUT2D eigenvalue weighted by molar-refractivity contribution is -0.143. The number of aliphatic carboxylic acids is 2. The molecular weight excluding hydrogens is 600 g/mol. The van der Waals surface area contributed by atoms with Crippen LogP contribution >= 0.6 is 0 Å². The normalized spacial score (nSPS) is 12.5. The number of hydrogen-bond donors (Lipinski definition) is 4. The van der Waals surface area contributed by atoms with Gasteiger partial charge in [-0.3, -0.25) is 14.4 Å². The van der Waals surface area contributed by atoms with Gasteiger partial charge in [0.2, 0.25) is 11.8 Å². The Labute approximate surface area is 282 Å². The van der Waals surface area contributed by atoms with Crippen LogP contribution in [-0.4, -0.2) is 61.4 Å². The van der Waals surface area contributed by atoms with Crippen LogP contribution < -0.4 is 10.6 Å². The number of imidazole rings is 1. The van der Waals surface area contributed by atoms with E-state index < -0.39 is 29.9 Å². The van der Waals surface area contributed by atoms with Gasteiger partial charge in [0.25, 0.3) is 0 Å². The molecule has 0 saturated heterocycles. The number of ketones is 1. The molecule has 0 aliphatic rings. The summed E-state index contributed by atoms with van der Waals surface area (Å²) in [5, 5.41) is 24.1. The largest absolute Gasteiger partial charge is 0.480 e. The Bertz CT molecular complexity index is 1060. The fourth-order valence-corrected chi connectivity index (χ4v) is 5.47. The smallest absolute Gasteiger partial charge is 0.326 e. The first-order valence-corrected chi connectivity index (χ1v) is 18.1. The molecule has 1 heterocycles. The van der Waals surface area contributed by atoms with Crippen molar-refractivity contribution in [2.24, 2.45) is 5.92 Å². The number of amides is 2. The van der Waals surface area contributed by atoms with E-state index in [1.54, 1.807) is 6.33 Å². The molecule has 0 aliphatic heterocycles. The highest BCUT2D eigenvalue weighted by Gasteiger charge is 2.23. The first kappa shape index (κ1) is 41.8. The van der Waals surface area contributed by atoms with Crippen molar-refractivity contribution in [3.63, 3.8) is 0 Å². The molecule has 2 amide bonds. The standard InChI is InChI=1S/C36H62N4O7/c1-4-5-6-7-8-9-10-11-12-13-14-15-16-20-33(42)39-31(36(46)47)22-24-34(43)38-30(35(44)45)19-17-18-25-40-26-29(37-27-40)21-23-32(41)28(2)3/h26-28,30-31H,4-25H2,1-3H3,(H,38,43)(H,39,42)(H,44,45)(H,46,47)/t30-,31-/m0/s1. The topological polar surface area (TPSA) is 168 Å². The first-order chi connectivity index (χ1) is 22.5. The van der Waals surface area contributed by atoms with Crippen molar-refractivity contribution >= 4 is 29.5 Å². The van der Waals surface area contributed by atoms with Gasteiger partial charge in [0.05, 0.1) is 12.0 Å². The van der Waals surface area contributed by atoms with Gasteiger partial charge < -0.3 is 25.4 Å². The van der Waals surface area contributed by atoms with Crippen molar-refractivity contribution in [1.29, 1.82) is 0 Å². The van der Waals surface area contributed by atoms with Crippen molar-refractivity contribution < 1.29 is 34.2 Å². The summed E-state index contributed by atoms with van der Waals surface area (Å²) in [5.74, 6) is -3.09. The quantitative estimate of drug-likeness (QED) is 0.0668. The fraction of sp³-hybridized carbons (Fsp3) is 0.778. The third kappa shape index (κ3) is 21.3. The van der Waals surface area contributed by atoms with Crippen molar-refractivity contribution in [3.8, 4) is 0 Å². The monoisotopic (exact) mass is 662 g/mol. The second-order valence-corrected chi connectivity index (χ2v) is 13.2. The first-order valence-electron chi connectivity index (χ1n) is 18.1. The highest BCUT2D eigenvalue weighted by molar-refractivity contribution is 5.86. The number of unbranched alkanes of at least 4 members (excludes halogenated alkanes) is 13. The molecule has 11 nitrogen and oxygen atoms in total. The van der Waals surface area contributed by atoms with Gasteiger partial charge in [-0.15, -0.1) is 0 Å². The number of rotatable bonds is 30. The van der Waals surface area contributed by atoms with Crippen LogP contribution in [0.5, 0.6) is 0 Å². The summed E-state index contributed by atoms with van der Waals surface area (Å²) in [6, 6.07) is -2.29. The number of carboxylic acids is 2. The molecule has 11 heteroatoms. The molecule has 2 atom stereocenters. The van der Waals surface area contributed by atoms with Crippen molar-refractivity contribution in [2.75, 3.05) is 0 Å². The zero-order valence-electron chi connectivity index (χ0n) is 29.3. The van der Waals surface area contributed by atoms with Crippen LogP contribution in [0.2, 0.25) is 0 Å². The van der Waals surface area contributed by atoms with Crippen molar-refractivity contribution in [3.05, 3.63) is 18.2 Å². The molecule has 0 unspecified atom stereocenters. The Hall–Kier alpha value is -3.24. The van der Waals surface area contributed by atoms with Gasteiger partial charge in [0.15, 0.2) is 0 Å². The Balaban J connectivity index is 2.24. The van der Waals surface area contributed by atoms with E-state index in [0.29, 0.717) is 38.6 Å². The number of aromatic nitrogens is 2. The van der Waals surface area contributed by atoms with Crippen molar-refractivity contribution in [1.82, 2.24) is 20.2 Å². The minimum Gasteiger partial charge on any atom is -0.480 e. The molecule has 0 bridgehead atoms. The minimum absolute atomic E-state index is 0.00267. The predicted molar refractivity (Wildman–Crippen MR) is 183 cm³/mol. The van der Waals surface area contributed by atoms with Crippen LogP contribution in [0.1, 0.15) is 155 Å². The second-order valence-electron chi connectivity index (χ2n) is 13.2. The van der Waals surface area contributed by atoms with Gasteiger partial charge in [-0.25, -0.2) is 14.6 Å². The highest BCUT2D eigenvalue weighted by atomic mass is 16.4. The number of Topliss-reactive ketones (excluding diaryl/α,β-unsaturated/α-hetero) is 1. The molecule has 47 heavy (non-hydrogen) atoms. The summed E-state index contributed by atoms with van der Waals surface area (Å²) in [7, 11) is 0. The van der Waals surface area contributed by atoms with E-state index in [-0.39, 0.29) is 43.3 Å². The molecule has 1 rings (SSSR count). The summed E-state index contributed by atoms with van der Waals surface area (Å²) in [6.45, 7) is 6.62. The molecule has 268 valence electrons. The van der Waals surface area contributed by atoms with E-state index in [0.717, 1.165) is 25.0 Å². The zero-order chi connectivity index (χ0) is 34.9. The van der Waals surface area contributed by atoms with Crippen LogP contribution in [-0.2, 0) is 36.9 Å². The lowest BCUT2D eigenvalue weighted by Crippen LogP contribution is -2.43. The Morgan fingerprint density at radius 3 is 1.72 bits per heavy atom. The SMILES string of the molecule is CCCCCCCCCCCCCCCC(=O)N[C@@H](CCC(=O)N[C@@H](CCCCn1cnc(CCC(=O)C(C)C)c1)C(=O)O)C(=O)O. The average Bonchev–Trinajstić information content (AvgIpc) is 3.49. The molecule has 1 aromatic heterocycles. The van der Waals surface area contributed by atoms with Crippen LogP contribution in [0, 0.1) is 5.92 Å². The Kier molecular flexibility index (Phi) is 22.9. The van der Waals surface area contributed by atoms with Gasteiger partial charge in [0, 0.05) is 37.9 Å². The average molecular weight is 663 g/mol. The van der Waals surface area contributed by atoms with Crippen molar-refractivity contribution in [2.45, 2.75) is 174 Å². The Morgan fingerprint density at radius 1 is 0.681 bits per heavy atom. The lowest BCUT2D eigenvalue weighted by Gasteiger charge is -2.17. The number of hydrogen-bond acceptors (Lipinski definition) is 6. The van der Waals surface area contributed by atoms with Crippen LogP contribution in [0.4, 0.5) is 0 Å². The maximum atomic E-state index is 12.5. The zero-order valence-corrected chi connectivity index (χ0v) is 29.3. The van der Waals surface area contributed by atoms with E-state index in [4.69, 9.17) is 0 Å². The summed E-state index contributed by atoms with van der Waals surface area (Å²) in [4.78, 5) is 64.4. The molecule has 0 aromatic carbocycles. The number of carbonyl (C=O) groups is 5. The van der Waals surface area contributed by atoms with Crippen LogP contribution in [0.3, 0.4) is 0 Å². The van der Waals surface area contributed by atoms with E-state index in [1.807, 2.05) is 24.6 Å². The maximum absolute atomic E-state index is 12.5. The van der Waals surface area contributed by atoms with E-state index in [1.165, 1.54) is 57.8 Å². The van der Waals surface area contributed by atoms with Gasteiger partial charge in [0.1, 0.15) is 17.9 Å². The molecule has 4 N–H and O–H groups in total. The lowest BCUT2D eigenvalue weighted by atomic mass is 10.0. The molecular formula is C36H62N4O7. The molecule has 1 aromatic rings. The second kappa shape index (κ2) is 25.8. The van der Waals surface area contributed by atoms with E-state index in [9.17, 15) is 34.2 Å². The number of aryl methyl sites for hydroxylation is 2. The van der Waals surface area contributed by atoms with Gasteiger partial charge in [-0.05, 0) is 38.5 Å². The number of nitrogens with one attached hydrogen (secondary N) is 2. The number of nitrogens with zero attached hydrogens (tertiary/aromatic N) is 2. The van der Waals surface area contributed by atoms with Crippen LogP contribution in [0.15, 0.2) is 12.5 Å². The van der Waals surface area contributed by atoms with E-state index in [2.05, 4.69) is 22.5 Å². The molecule has 0 spiro atoms.